The molecule has 1 aliphatic heterocycles. The third kappa shape index (κ3) is 9.01. The molecule has 1 heterocycles. The number of nitrogens with zero attached hydrogens (tertiary/aromatic N) is 2. The maximum absolute atomic E-state index is 6.28. The van der Waals surface area contributed by atoms with Gasteiger partial charge in [0.15, 0.2) is 0 Å². The summed E-state index contributed by atoms with van der Waals surface area (Å²) < 4.78 is 18.4. The first-order chi connectivity index (χ1) is 17.7. The van der Waals surface area contributed by atoms with E-state index >= 15 is 0 Å². The van der Waals surface area contributed by atoms with E-state index < -0.39 is 0 Å². The molecule has 0 saturated carbocycles. The molecule has 5 heteroatoms. The van der Waals surface area contributed by atoms with Crippen LogP contribution in [0.1, 0.15) is 77.3 Å². The van der Waals surface area contributed by atoms with Crippen LogP contribution in [0.2, 0.25) is 0 Å². The molecular formula is C31H48N2O3. The second-order valence-corrected chi connectivity index (χ2v) is 9.69. The molecule has 0 atom stereocenters. The lowest BCUT2D eigenvalue weighted by atomic mass is 10.00. The maximum atomic E-state index is 6.28. The highest BCUT2D eigenvalue weighted by Gasteiger charge is 2.18. The molecule has 5 nitrogen and oxygen atoms in total. The average molecular weight is 497 g/mol. The summed E-state index contributed by atoms with van der Waals surface area (Å²) >= 11 is 0. The highest BCUT2D eigenvalue weighted by atomic mass is 16.5. The van der Waals surface area contributed by atoms with Crippen LogP contribution in [0.4, 0.5) is 0 Å². The van der Waals surface area contributed by atoms with E-state index in [1.165, 1.54) is 49.9 Å². The molecule has 36 heavy (non-hydrogen) atoms. The van der Waals surface area contributed by atoms with Gasteiger partial charge in [-0.2, -0.15) is 0 Å². The van der Waals surface area contributed by atoms with Crippen LogP contribution in [-0.2, 0) is 6.42 Å². The van der Waals surface area contributed by atoms with Crippen molar-refractivity contribution in [2.24, 2.45) is 0 Å². The van der Waals surface area contributed by atoms with Gasteiger partial charge in [-0.3, -0.25) is 0 Å². The predicted molar refractivity (Wildman–Crippen MR) is 150 cm³/mol. The van der Waals surface area contributed by atoms with Crippen LogP contribution in [0.25, 0.3) is 0 Å². The smallest absolute Gasteiger partial charge is 0.134 e. The molecule has 0 radical (unpaired) electrons. The number of ether oxygens (including phenoxy) is 3. The molecule has 200 valence electrons. The minimum absolute atomic E-state index is 0.751. The van der Waals surface area contributed by atoms with E-state index in [2.05, 4.69) is 61.8 Å². The van der Waals surface area contributed by atoms with Crippen LogP contribution in [-0.4, -0.2) is 62.3 Å². The Morgan fingerprint density at radius 3 is 1.47 bits per heavy atom. The van der Waals surface area contributed by atoms with Crippen LogP contribution in [0, 0.1) is 0 Å². The van der Waals surface area contributed by atoms with Crippen LogP contribution in [0.5, 0.6) is 23.0 Å². The minimum atomic E-state index is 0.751. The Morgan fingerprint density at radius 1 is 0.611 bits per heavy atom. The van der Waals surface area contributed by atoms with Crippen molar-refractivity contribution in [3.05, 3.63) is 47.5 Å². The van der Waals surface area contributed by atoms with E-state index in [0.29, 0.717) is 0 Å². The summed E-state index contributed by atoms with van der Waals surface area (Å²) in [6.45, 7) is 17.3. The Kier molecular flexibility index (Phi) is 12.4. The van der Waals surface area contributed by atoms with Crippen molar-refractivity contribution in [3.8, 4) is 23.0 Å². The van der Waals surface area contributed by atoms with E-state index in [1.807, 2.05) is 12.1 Å². The van der Waals surface area contributed by atoms with Crippen LogP contribution in [0.3, 0.4) is 0 Å². The molecule has 3 rings (SSSR count). The molecule has 0 unspecified atom stereocenters. The summed E-state index contributed by atoms with van der Waals surface area (Å²) in [5.74, 6) is 3.57. The van der Waals surface area contributed by atoms with E-state index in [-0.39, 0.29) is 0 Å². The second-order valence-electron chi connectivity index (χ2n) is 9.69. The molecule has 0 bridgehead atoms. The molecule has 0 spiro atoms. The molecule has 0 aromatic heterocycles. The predicted octanol–water partition coefficient (Wildman–Crippen LogP) is 7.16. The fourth-order valence-corrected chi connectivity index (χ4v) is 4.74. The van der Waals surface area contributed by atoms with Gasteiger partial charge in [-0.05, 0) is 101 Å². The van der Waals surface area contributed by atoms with Crippen molar-refractivity contribution in [3.63, 3.8) is 0 Å². The van der Waals surface area contributed by atoms with Gasteiger partial charge in [0.1, 0.15) is 23.0 Å². The van der Waals surface area contributed by atoms with E-state index in [9.17, 15) is 0 Å². The normalized spacial score (nSPS) is 12.4. The van der Waals surface area contributed by atoms with Gasteiger partial charge in [0.05, 0.1) is 13.2 Å². The van der Waals surface area contributed by atoms with Gasteiger partial charge in [-0.25, -0.2) is 0 Å². The highest BCUT2D eigenvalue weighted by Crippen LogP contribution is 2.40. The quantitative estimate of drug-likeness (QED) is 0.174. The average Bonchev–Trinajstić information content (AvgIpc) is 2.91. The summed E-state index contributed by atoms with van der Waals surface area (Å²) in [6.07, 6.45) is 7.90. The van der Waals surface area contributed by atoms with Gasteiger partial charge in [0.2, 0.25) is 0 Å². The molecular weight excluding hydrogens is 448 g/mol. The molecule has 1 aliphatic rings. The molecule has 2 aromatic rings. The first-order valence-electron chi connectivity index (χ1n) is 14.3. The third-order valence-corrected chi connectivity index (χ3v) is 7.24. The van der Waals surface area contributed by atoms with Gasteiger partial charge < -0.3 is 24.0 Å². The summed E-state index contributed by atoms with van der Waals surface area (Å²) in [6, 6.07) is 12.5. The number of hydrogen-bond acceptors (Lipinski definition) is 5. The molecule has 0 amide bonds. The summed E-state index contributed by atoms with van der Waals surface area (Å²) in [4.78, 5) is 4.95. The minimum Gasteiger partial charge on any atom is -0.493 e. The molecule has 0 aliphatic carbocycles. The van der Waals surface area contributed by atoms with Gasteiger partial charge >= 0.3 is 0 Å². The van der Waals surface area contributed by atoms with Gasteiger partial charge in [0.25, 0.3) is 0 Å². The maximum Gasteiger partial charge on any atom is 0.134 e. The standard InChI is InChI=1S/C31H48N2O3/c1-5-32(6-2)19-11-9-13-21-34-28-17-15-26-23-27-16-18-29(25-31(27)36-30(26)24-28)35-22-14-10-12-20-33(7-3)8-4/h15-18,24-25H,5-14,19-23H2,1-4H3. The lowest BCUT2D eigenvalue weighted by Crippen LogP contribution is -2.23. The van der Waals surface area contributed by atoms with Crippen LogP contribution >= 0.6 is 0 Å². The Labute approximate surface area is 219 Å². The first-order valence-corrected chi connectivity index (χ1v) is 14.3. The van der Waals surface area contributed by atoms with Crippen molar-refractivity contribution < 1.29 is 14.2 Å². The Balaban J connectivity index is 1.41. The summed E-state index contributed by atoms with van der Waals surface area (Å²) in [7, 11) is 0. The number of unbranched alkanes of at least 4 members (excludes halogenated alkanes) is 4. The second kappa shape index (κ2) is 15.8. The van der Waals surface area contributed by atoms with Crippen molar-refractivity contribution >= 4 is 0 Å². The van der Waals surface area contributed by atoms with Crippen molar-refractivity contribution in [2.75, 3.05) is 52.5 Å². The molecule has 0 N–H and O–H groups in total. The zero-order chi connectivity index (χ0) is 25.6. The van der Waals surface area contributed by atoms with Crippen LogP contribution < -0.4 is 14.2 Å². The fourth-order valence-electron chi connectivity index (χ4n) is 4.74. The lowest BCUT2D eigenvalue weighted by Gasteiger charge is -2.22. The fraction of sp³-hybridized carbons (Fsp3) is 0.613. The Hall–Kier alpha value is -2.24. The Bertz CT molecular complexity index is 822. The van der Waals surface area contributed by atoms with Crippen LogP contribution in [0.15, 0.2) is 36.4 Å². The van der Waals surface area contributed by atoms with E-state index in [0.717, 1.165) is 81.7 Å². The van der Waals surface area contributed by atoms with E-state index in [1.54, 1.807) is 0 Å². The zero-order valence-electron chi connectivity index (χ0n) is 23.2. The lowest BCUT2D eigenvalue weighted by molar-refractivity contribution is 0.276. The number of hydrogen-bond donors (Lipinski definition) is 0. The monoisotopic (exact) mass is 496 g/mol. The van der Waals surface area contributed by atoms with Crippen molar-refractivity contribution in [1.29, 1.82) is 0 Å². The molecule has 2 aromatic carbocycles. The zero-order valence-corrected chi connectivity index (χ0v) is 23.2. The summed E-state index contributed by atoms with van der Waals surface area (Å²) in [5.41, 5.74) is 2.41. The topological polar surface area (TPSA) is 34.2 Å². The van der Waals surface area contributed by atoms with E-state index in [4.69, 9.17) is 14.2 Å². The number of fused-ring (bicyclic) bond motifs is 2. The first kappa shape index (κ1) is 28.3. The molecule has 0 saturated heterocycles. The number of rotatable bonds is 18. The number of benzene rings is 2. The van der Waals surface area contributed by atoms with Gasteiger partial charge in [-0.1, -0.05) is 39.8 Å². The largest absolute Gasteiger partial charge is 0.493 e. The Morgan fingerprint density at radius 2 is 1.06 bits per heavy atom. The summed E-state index contributed by atoms with van der Waals surface area (Å²) in [5, 5.41) is 0. The van der Waals surface area contributed by atoms with Crippen molar-refractivity contribution in [2.45, 2.75) is 72.6 Å². The van der Waals surface area contributed by atoms with Crippen molar-refractivity contribution in [1.82, 2.24) is 9.80 Å². The van der Waals surface area contributed by atoms with Gasteiger partial charge in [0, 0.05) is 18.6 Å². The molecule has 0 fully saturated rings. The van der Waals surface area contributed by atoms with Gasteiger partial charge in [-0.15, -0.1) is 0 Å². The highest BCUT2D eigenvalue weighted by molar-refractivity contribution is 5.53. The third-order valence-electron chi connectivity index (χ3n) is 7.24. The SMILES string of the molecule is CCN(CC)CCCCCOc1ccc2c(c1)Oc1cc(OCCCCCN(CC)CC)ccc1C2.